The fourth-order valence-corrected chi connectivity index (χ4v) is 3.26. The molecule has 7 nitrogen and oxygen atoms in total. The number of ether oxygens (including phenoxy) is 3. The molecule has 3 rings (SSSR count). The van der Waals surface area contributed by atoms with Crippen molar-refractivity contribution in [2.45, 2.75) is 26.5 Å². The number of urea groups is 1. The minimum absolute atomic E-state index is 0.153. The van der Waals surface area contributed by atoms with E-state index < -0.39 is 12.0 Å². The predicted octanol–water partition coefficient (Wildman–Crippen LogP) is 3.82. The summed E-state index contributed by atoms with van der Waals surface area (Å²) in [6.07, 6.45) is 0. The van der Waals surface area contributed by atoms with E-state index in [9.17, 15) is 9.59 Å². The maximum atomic E-state index is 12.8. The van der Waals surface area contributed by atoms with Crippen LogP contribution in [0.1, 0.15) is 31.0 Å². The summed E-state index contributed by atoms with van der Waals surface area (Å²) in [5.41, 5.74) is 2.80. The van der Waals surface area contributed by atoms with Gasteiger partial charge in [-0.2, -0.15) is 0 Å². The van der Waals surface area contributed by atoms with Crippen LogP contribution in [0.25, 0.3) is 0 Å². The molecule has 164 valence electrons. The van der Waals surface area contributed by atoms with Crippen molar-refractivity contribution < 1.29 is 23.8 Å². The first-order valence-electron chi connectivity index (χ1n) is 10.3. The van der Waals surface area contributed by atoms with Crippen LogP contribution in [0.5, 0.6) is 5.75 Å². The molecule has 31 heavy (non-hydrogen) atoms. The van der Waals surface area contributed by atoms with Gasteiger partial charge < -0.3 is 24.4 Å². The van der Waals surface area contributed by atoms with E-state index in [1.165, 1.54) is 4.90 Å². The molecule has 1 unspecified atom stereocenters. The van der Waals surface area contributed by atoms with Crippen molar-refractivity contribution in [3.63, 3.8) is 0 Å². The van der Waals surface area contributed by atoms with Crippen LogP contribution in [0, 0.1) is 0 Å². The zero-order valence-electron chi connectivity index (χ0n) is 18.1. The average molecular weight is 424 g/mol. The molecule has 0 saturated heterocycles. The molecule has 2 aromatic rings. The van der Waals surface area contributed by atoms with Crippen molar-refractivity contribution in [2.75, 3.05) is 26.9 Å². The number of amides is 2. The maximum absolute atomic E-state index is 12.8. The number of allylic oxidation sites excluding steroid dienone is 1. The molecule has 1 aliphatic rings. The second-order valence-electron chi connectivity index (χ2n) is 7.12. The standard InChI is InChI=1S/C24H28N2O5/c1-4-29-14-15-30-23(27)21-17(2)26(3)24(28)25-22(21)19-10-12-20(13-11-19)31-16-18-8-6-5-7-9-18/h5-13,22H,4,14-16H2,1-3H3,(H,25,28). The molecule has 2 amide bonds. The summed E-state index contributed by atoms with van der Waals surface area (Å²) < 4.78 is 16.4. The Bertz CT molecular complexity index is 925. The van der Waals surface area contributed by atoms with Crippen LogP contribution in [-0.4, -0.2) is 43.8 Å². The monoisotopic (exact) mass is 424 g/mol. The molecule has 1 aliphatic heterocycles. The van der Waals surface area contributed by atoms with Crippen LogP contribution >= 0.6 is 0 Å². The SMILES string of the molecule is CCOCCOC(=O)C1=C(C)N(C)C(=O)NC1c1ccc(OCc2ccccc2)cc1. The lowest BCUT2D eigenvalue weighted by Crippen LogP contribution is -2.46. The summed E-state index contributed by atoms with van der Waals surface area (Å²) >= 11 is 0. The van der Waals surface area contributed by atoms with E-state index in [0.717, 1.165) is 11.1 Å². The van der Waals surface area contributed by atoms with Gasteiger partial charge in [0.25, 0.3) is 0 Å². The third-order valence-corrected chi connectivity index (χ3v) is 5.10. The number of nitrogens with one attached hydrogen (secondary N) is 1. The quantitative estimate of drug-likeness (QED) is 0.489. The summed E-state index contributed by atoms with van der Waals surface area (Å²) in [6.45, 7) is 5.11. The van der Waals surface area contributed by atoms with Gasteiger partial charge in [-0.1, -0.05) is 42.5 Å². The van der Waals surface area contributed by atoms with Gasteiger partial charge in [-0.25, -0.2) is 9.59 Å². The molecule has 0 fully saturated rings. The minimum atomic E-state index is -0.605. The molecule has 1 atom stereocenters. The van der Waals surface area contributed by atoms with Gasteiger partial charge in [0.1, 0.15) is 19.0 Å². The topological polar surface area (TPSA) is 77.1 Å². The Morgan fingerprint density at radius 2 is 1.77 bits per heavy atom. The summed E-state index contributed by atoms with van der Waals surface area (Å²) in [4.78, 5) is 26.6. The first-order chi connectivity index (χ1) is 15.0. The summed E-state index contributed by atoms with van der Waals surface area (Å²) in [5.74, 6) is 0.229. The Kier molecular flexibility index (Phi) is 7.67. The van der Waals surface area contributed by atoms with Crippen molar-refractivity contribution in [1.29, 1.82) is 0 Å². The fourth-order valence-electron chi connectivity index (χ4n) is 3.26. The fraction of sp³-hybridized carbons (Fsp3) is 0.333. The van der Waals surface area contributed by atoms with Crippen molar-refractivity contribution in [3.05, 3.63) is 77.0 Å². The van der Waals surface area contributed by atoms with E-state index in [1.807, 2.05) is 61.5 Å². The molecule has 2 aromatic carbocycles. The molecule has 0 aliphatic carbocycles. The van der Waals surface area contributed by atoms with Crippen LogP contribution in [0.4, 0.5) is 4.79 Å². The van der Waals surface area contributed by atoms with Crippen LogP contribution in [0.2, 0.25) is 0 Å². The van der Waals surface area contributed by atoms with Crippen molar-refractivity contribution in [2.24, 2.45) is 0 Å². The molecule has 1 heterocycles. The van der Waals surface area contributed by atoms with Crippen LogP contribution in [-0.2, 0) is 20.9 Å². The summed E-state index contributed by atoms with van der Waals surface area (Å²) in [6, 6.07) is 16.4. The maximum Gasteiger partial charge on any atom is 0.338 e. The normalized spacial score (nSPS) is 16.2. The van der Waals surface area contributed by atoms with Gasteiger partial charge >= 0.3 is 12.0 Å². The van der Waals surface area contributed by atoms with E-state index >= 15 is 0 Å². The minimum Gasteiger partial charge on any atom is -0.489 e. The number of esters is 1. The number of benzene rings is 2. The van der Waals surface area contributed by atoms with Crippen molar-refractivity contribution in [3.8, 4) is 5.75 Å². The molecule has 0 spiro atoms. The summed E-state index contributed by atoms with van der Waals surface area (Å²) in [5, 5.41) is 2.88. The Morgan fingerprint density at radius 1 is 1.06 bits per heavy atom. The predicted molar refractivity (Wildman–Crippen MR) is 116 cm³/mol. The molecule has 7 heteroatoms. The van der Waals surface area contributed by atoms with Gasteiger partial charge in [0.15, 0.2) is 0 Å². The third kappa shape index (κ3) is 5.64. The second-order valence-corrected chi connectivity index (χ2v) is 7.12. The first-order valence-corrected chi connectivity index (χ1v) is 10.3. The second kappa shape index (κ2) is 10.6. The van der Waals surface area contributed by atoms with Crippen LogP contribution in [0.3, 0.4) is 0 Å². The van der Waals surface area contributed by atoms with Crippen molar-refractivity contribution in [1.82, 2.24) is 10.2 Å². The van der Waals surface area contributed by atoms with Gasteiger partial charge in [-0.3, -0.25) is 0 Å². The number of rotatable bonds is 9. The number of hydrogen-bond acceptors (Lipinski definition) is 5. The highest BCUT2D eigenvalue weighted by atomic mass is 16.6. The van der Waals surface area contributed by atoms with Gasteiger partial charge in [-0.05, 0) is 37.1 Å². The van der Waals surface area contributed by atoms with E-state index in [0.29, 0.717) is 36.8 Å². The van der Waals surface area contributed by atoms with Crippen LogP contribution < -0.4 is 10.1 Å². The van der Waals surface area contributed by atoms with E-state index in [2.05, 4.69) is 5.32 Å². The van der Waals surface area contributed by atoms with Gasteiger partial charge in [0.2, 0.25) is 0 Å². The van der Waals surface area contributed by atoms with E-state index in [4.69, 9.17) is 14.2 Å². The molecule has 0 bridgehead atoms. The third-order valence-electron chi connectivity index (χ3n) is 5.10. The van der Waals surface area contributed by atoms with E-state index in [1.54, 1.807) is 14.0 Å². The highest BCUT2D eigenvalue weighted by Crippen LogP contribution is 2.31. The number of carbonyl (C=O) groups is 2. The van der Waals surface area contributed by atoms with Crippen molar-refractivity contribution >= 4 is 12.0 Å². The molecule has 1 N–H and O–H groups in total. The Labute approximate surface area is 182 Å². The Morgan fingerprint density at radius 3 is 2.45 bits per heavy atom. The highest BCUT2D eigenvalue weighted by molar-refractivity contribution is 5.95. The zero-order chi connectivity index (χ0) is 22.2. The first kappa shape index (κ1) is 22.4. The van der Waals surface area contributed by atoms with Gasteiger partial charge in [0.05, 0.1) is 18.2 Å². The Hall–Kier alpha value is -3.32. The van der Waals surface area contributed by atoms with Gasteiger partial charge in [0, 0.05) is 19.4 Å². The largest absolute Gasteiger partial charge is 0.489 e. The number of carbonyl (C=O) groups excluding carboxylic acids is 2. The Balaban J connectivity index is 1.74. The zero-order valence-corrected chi connectivity index (χ0v) is 18.1. The summed E-state index contributed by atoms with van der Waals surface area (Å²) in [7, 11) is 1.62. The highest BCUT2D eigenvalue weighted by Gasteiger charge is 2.35. The molecule has 0 saturated carbocycles. The lowest BCUT2D eigenvalue weighted by molar-refractivity contribution is -0.141. The van der Waals surface area contributed by atoms with E-state index in [-0.39, 0.29) is 12.6 Å². The lowest BCUT2D eigenvalue weighted by atomic mass is 9.95. The number of hydrogen-bond donors (Lipinski definition) is 1. The lowest BCUT2D eigenvalue weighted by Gasteiger charge is -2.33. The smallest absolute Gasteiger partial charge is 0.338 e. The van der Waals surface area contributed by atoms with Crippen LogP contribution in [0.15, 0.2) is 65.9 Å². The van der Waals surface area contributed by atoms with Gasteiger partial charge in [-0.15, -0.1) is 0 Å². The molecular weight excluding hydrogens is 396 g/mol. The number of nitrogens with zero attached hydrogens (tertiary/aromatic N) is 1. The average Bonchev–Trinajstić information content (AvgIpc) is 2.79. The molecule has 0 radical (unpaired) electrons. The molecule has 0 aromatic heterocycles. The molecular formula is C24H28N2O5.